The van der Waals surface area contributed by atoms with E-state index in [9.17, 15) is 0 Å². The van der Waals surface area contributed by atoms with Crippen molar-refractivity contribution in [2.24, 2.45) is 0 Å². The molecule has 0 N–H and O–H groups in total. The van der Waals surface area contributed by atoms with E-state index in [2.05, 4.69) is 10.2 Å². The van der Waals surface area contributed by atoms with Crippen molar-refractivity contribution in [2.45, 2.75) is 12.2 Å². The lowest BCUT2D eigenvalue weighted by atomic mass is 10.1. The van der Waals surface area contributed by atoms with Crippen LogP contribution in [-0.2, 0) is 18.9 Å². The largest absolute Gasteiger partial charge is 0.468 e. The minimum absolute atomic E-state index is 0.134. The molecule has 2 aliphatic rings. The lowest BCUT2D eigenvalue weighted by molar-refractivity contribution is 0.00530. The van der Waals surface area contributed by atoms with Crippen LogP contribution in [0.2, 0.25) is 0 Å². The fourth-order valence-electron chi connectivity index (χ4n) is 2.17. The molecule has 4 rings (SSSR count). The van der Waals surface area contributed by atoms with Crippen molar-refractivity contribution in [3.8, 4) is 22.9 Å². The summed E-state index contributed by atoms with van der Waals surface area (Å²) in [5, 5.41) is 8.22. The van der Waals surface area contributed by atoms with Crippen LogP contribution in [0.3, 0.4) is 0 Å². The molecule has 1 aromatic heterocycles. The third kappa shape index (κ3) is 5.37. The Morgan fingerprint density at radius 2 is 1.46 bits per heavy atom. The summed E-state index contributed by atoms with van der Waals surface area (Å²) < 4.78 is 31.6. The summed E-state index contributed by atoms with van der Waals surface area (Å²) in [6, 6.07) is 11.2. The minimum atomic E-state index is 0.134. The highest BCUT2D eigenvalue weighted by Crippen LogP contribution is 2.21. The van der Waals surface area contributed by atoms with Gasteiger partial charge in [-0.15, -0.1) is 10.2 Å². The van der Waals surface area contributed by atoms with Crippen molar-refractivity contribution in [2.75, 3.05) is 40.0 Å². The van der Waals surface area contributed by atoms with E-state index in [1.165, 1.54) is 0 Å². The highest BCUT2D eigenvalue weighted by Gasteiger charge is 2.22. The molecule has 3 heterocycles. The number of benzene rings is 1. The molecule has 2 atom stereocenters. The van der Waals surface area contributed by atoms with Crippen molar-refractivity contribution in [1.29, 1.82) is 0 Å². The molecule has 138 valence electrons. The van der Waals surface area contributed by atoms with Crippen molar-refractivity contribution in [3.05, 3.63) is 36.4 Å². The number of nitrogens with zero attached hydrogens (tertiary/aromatic N) is 2. The van der Waals surface area contributed by atoms with Crippen LogP contribution in [0.15, 0.2) is 36.4 Å². The predicted octanol–water partition coefficient (Wildman–Crippen LogP) is 1.65. The van der Waals surface area contributed by atoms with E-state index in [0.717, 1.165) is 30.2 Å². The van der Waals surface area contributed by atoms with Gasteiger partial charge in [-0.05, 0) is 30.3 Å². The zero-order valence-electron chi connectivity index (χ0n) is 14.2. The standard InChI is InChI=1S/C18H20N2O6/c1-3-14(25-11-21-7-15-9-23-15)4-2-13(1)17-5-6-18(20-19-17)26-12-22-8-16-10-24-16/h1-6,15-16H,7-12H2. The average Bonchev–Trinajstić information content (AvgIpc) is 3.59. The molecule has 2 unspecified atom stereocenters. The van der Waals surface area contributed by atoms with E-state index in [0.29, 0.717) is 19.1 Å². The van der Waals surface area contributed by atoms with Crippen LogP contribution in [0.25, 0.3) is 11.3 Å². The number of rotatable bonds is 11. The molecule has 0 bridgehead atoms. The van der Waals surface area contributed by atoms with Gasteiger partial charge in [0.1, 0.15) is 18.0 Å². The molecular formula is C18H20N2O6. The van der Waals surface area contributed by atoms with Crippen molar-refractivity contribution >= 4 is 0 Å². The lowest BCUT2D eigenvalue weighted by Gasteiger charge is -2.08. The zero-order valence-corrected chi connectivity index (χ0v) is 14.2. The summed E-state index contributed by atoms with van der Waals surface area (Å²) in [5.41, 5.74) is 1.68. The molecular weight excluding hydrogens is 340 g/mol. The molecule has 0 spiro atoms. The van der Waals surface area contributed by atoms with E-state index in [1.807, 2.05) is 30.3 Å². The molecule has 0 amide bonds. The van der Waals surface area contributed by atoms with Gasteiger partial charge >= 0.3 is 0 Å². The molecule has 8 nitrogen and oxygen atoms in total. The van der Waals surface area contributed by atoms with Gasteiger partial charge in [-0.25, -0.2) is 0 Å². The summed E-state index contributed by atoms with van der Waals surface area (Å²) in [7, 11) is 0. The van der Waals surface area contributed by atoms with Gasteiger partial charge in [-0.1, -0.05) is 0 Å². The minimum Gasteiger partial charge on any atom is -0.468 e. The van der Waals surface area contributed by atoms with Crippen LogP contribution < -0.4 is 9.47 Å². The second-order valence-electron chi connectivity index (χ2n) is 5.96. The Morgan fingerprint density at radius 3 is 2.04 bits per heavy atom. The van der Waals surface area contributed by atoms with Gasteiger partial charge < -0.3 is 28.4 Å². The first-order chi connectivity index (χ1) is 12.9. The highest BCUT2D eigenvalue weighted by atomic mass is 16.7. The maximum absolute atomic E-state index is 5.51. The Bertz CT molecular complexity index is 624. The normalized spacial score (nSPS) is 20.6. The topological polar surface area (TPSA) is 87.8 Å². The lowest BCUT2D eigenvalue weighted by Crippen LogP contribution is -2.08. The van der Waals surface area contributed by atoms with E-state index in [-0.39, 0.29) is 25.8 Å². The van der Waals surface area contributed by atoms with Crippen LogP contribution >= 0.6 is 0 Å². The van der Waals surface area contributed by atoms with Crippen LogP contribution in [-0.4, -0.2) is 62.4 Å². The van der Waals surface area contributed by atoms with Crippen LogP contribution in [0.4, 0.5) is 0 Å². The summed E-state index contributed by atoms with van der Waals surface area (Å²) in [6.45, 7) is 3.00. The number of hydrogen-bond donors (Lipinski definition) is 0. The van der Waals surface area contributed by atoms with E-state index in [1.54, 1.807) is 6.07 Å². The zero-order chi connectivity index (χ0) is 17.6. The van der Waals surface area contributed by atoms with Gasteiger partial charge in [0.05, 0.1) is 32.1 Å². The van der Waals surface area contributed by atoms with E-state index < -0.39 is 0 Å². The van der Waals surface area contributed by atoms with E-state index >= 15 is 0 Å². The van der Waals surface area contributed by atoms with Gasteiger partial charge in [0, 0.05) is 11.6 Å². The number of aromatic nitrogens is 2. The first kappa shape index (κ1) is 17.2. The summed E-state index contributed by atoms with van der Waals surface area (Å²) in [5.74, 6) is 1.15. The number of epoxide rings is 2. The first-order valence-corrected chi connectivity index (χ1v) is 8.45. The fraction of sp³-hybridized carbons (Fsp3) is 0.444. The Hall–Kier alpha value is -2.26. The van der Waals surface area contributed by atoms with E-state index in [4.69, 9.17) is 28.4 Å². The van der Waals surface area contributed by atoms with Crippen LogP contribution in [0.1, 0.15) is 0 Å². The maximum atomic E-state index is 5.51. The molecule has 0 radical (unpaired) electrons. The van der Waals surface area contributed by atoms with Gasteiger partial charge in [0.2, 0.25) is 5.88 Å². The third-order valence-corrected chi connectivity index (χ3v) is 3.80. The number of hydrogen-bond acceptors (Lipinski definition) is 8. The second kappa shape index (κ2) is 8.41. The monoisotopic (exact) mass is 360 g/mol. The summed E-state index contributed by atoms with van der Waals surface area (Å²) in [4.78, 5) is 0. The van der Waals surface area contributed by atoms with Gasteiger partial charge in [0.15, 0.2) is 13.6 Å². The van der Waals surface area contributed by atoms with Gasteiger partial charge in [-0.3, -0.25) is 0 Å². The molecule has 8 heteroatoms. The third-order valence-electron chi connectivity index (χ3n) is 3.80. The Balaban J connectivity index is 1.22. The molecule has 2 saturated heterocycles. The molecule has 2 aliphatic heterocycles. The van der Waals surface area contributed by atoms with Gasteiger partial charge in [0.25, 0.3) is 0 Å². The Morgan fingerprint density at radius 1 is 0.808 bits per heavy atom. The Kier molecular flexibility index (Phi) is 5.56. The van der Waals surface area contributed by atoms with Crippen molar-refractivity contribution in [3.63, 3.8) is 0 Å². The van der Waals surface area contributed by atoms with Crippen molar-refractivity contribution < 1.29 is 28.4 Å². The predicted molar refractivity (Wildman–Crippen MR) is 89.8 cm³/mol. The first-order valence-electron chi connectivity index (χ1n) is 8.45. The van der Waals surface area contributed by atoms with Crippen LogP contribution in [0.5, 0.6) is 11.6 Å². The van der Waals surface area contributed by atoms with Crippen molar-refractivity contribution in [1.82, 2.24) is 10.2 Å². The molecule has 2 fully saturated rings. The quantitative estimate of drug-likeness (QED) is 0.340. The summed E-state index contributed by atoms with van der Waals surface area (Å²) >= 11 is 0. The smallest absolute Gasteiger partial charge is 0.235 e. The molecule has 1 aromatic carbocycles. The highest BCUT2D eigenvalue weighted by molar-refractivity contribution is 5.59. The SMILES string of the molecule is c1cc(-c2ccc(OCOCC3CO3)nn2)ccc1OCOCC1CO1. The number of ether oxygens (including phenoxy) is 6. The molecule has 26 heavy (non-hydrogen) atoms. The van der Waals surface area contributed by atoms with Crippen LogP contribution in [0, 0.1) is 0 Å². The fourth-order valence-corrected chi connectivity index (χ4v) is 2.17. The molecule has 0 saturated carbocycles. The Labute approximate surface area is 150 Å². The van der Waals surface area contributed by atoms with Gasteiger partial charge in [-0.2, -0.15) is 0 Å². The maximum Gasteiger partial charge on any atom is 0.235 e. The second-order valence-corrected chi connectivity index (χ2v) is 5.96. The molecule has 2 aromatic rings. The summed E-state index contributed by atoms with van der Waals surface area (Å²) in [6.07, 6.45) is 0.461. The molecule has 0 aliphatic carbocycles. The average molecular weight is 360 g/mol.